The molecule has 0 bridgehead atoms. The first-order chi connectivity index (χ1) is 10.2. The number of hydrogen-bond acceptors (Lipinski definition) is 3. The summed E-state index contributed by atoms with van der Waals surface area (Å²) in [5.41, 5.74) is 1.11. The summed E-state index contributed by atoms with van der Waals surface area (Å²) in [7, 11) is 0. The number of hydrogen-bond donors (Lipinski definition) is 0. The molecule has 0 saturated carbocycles. The normalized spacial score (nSPS) is 18.0. The average Bonchev–Trinajstić information content (AvgIpc) is 3.13. The van der Waals surface area contributed by atoms with Crippen LogP contribution in [0.25, 0.3) is 0 Å². The molecule has 1 aliphatic rings. The zero-order valence-corrected chi connectivity index (χ0v) is 12.1. The fourth-order valence-electron chi connectivity index (χ4n) is 2.48. The Labute approximate surface area is 124 Å². The van der Waals surface area contributed by atoms with Crippen molar-refractivity contribution in [3.05, 3.63) is 48.4 Å². The molecule has 3 heterocycles. The smallest absolute Gasteiger partial charge is 0.242 e. The van der Waals surface area contributed by atoms with Crippen molar-refractivity contribution in [3.63, 3.8) is 0 Å². The van der Waals surface area contributed by atoms with E-state index < -0.39 is 0 Å². The second kappa shape index (κ2) is 5.99. The molecule has 1 aliphatic heterocycles. The molecule has 110 valence electrons. The zero-order chi connectivity index (χ0) is 14.7. The molecule has 1 saturated heterocycles. The molecule has 0 aliphatic carbocycles. The van der Waals surface area contributed by atoms with Crippen molar-refractivity contribution in [1.82, 2.24) is 14.5 Å². The molecule has 1 amide bonds. The Kier molecular flexibility index (Phi) is 3.90. The minimum atomic E-state index is 0.0359. The Hall–Kier alpha value is -2.30. The minimum Gasteiger partial charge on any atom is -0.472 e. The van der Waals surface area contributed by atoms with E-state index in [1.54, 1.807) is 6.20 Å². The maximum atomic E-state index is 12.2. The minimum absolute atomic E-state index is 0.0359. The van der Waals surface area contributed by atoms with E-state index in [1.165, 1.54) is 0 Å². The SMILES string of the molecule is Cc1ccc(OC2CCN(C(=O)Cn3cccc3)C2)nc1. The highest BCUT2D eigenvalue weighted by atomic mass is 16.5. The van der Waals surface area contributed by atoms with Gasteiger partial charge in [0, 0.05) is 37.6 Å². The number of rotatable bonds is 4. The standard InChI is InChI=1S/C16H19N3O2/c1-13-4-5-15(17-10-13)21-14-6-9-19(11-14)16(20)12-18-7-2-3-8-18/h2-5,7-8,10,14H,6,9,11-12H2,1H3. The highest BCUT2D eigenvalue weighted by Gasteiger charge is 2.27. The predicted molar refractivity (Wildman–Crippen MR) is 79.0 cm³/mol. The van der Waals surface area contributed by atoms with Gasteiger partial charge in [-0.2, -0.15) is 0 Å². The lowest BCUT2D eigenvalue weighted by atomic mass is 10.3. The Morgan fingerprint density at radius 3 is 2.90 bits per heavy atom. The number of ether oxygens (including phenoxy) is 1. The Morgan fingerprint density at radius 2 is 2.19 bits per heavy atom. The van der Waals surface area contributed by atoms with E-state index >= 15 is 0 Å². The first-order valence-electron chi connectivity index (χ1n) is 7.18. The molecule has 1 fully saturated rings. The van der Waals surface area contributed by atoms with E-state index in [1.807, 2.05) is 53.0 Å². The number of nitrogens with zero attached hydrogens (tertiary/aromatic N) is 3. The Balaban J connectivity index is 1.53. The molecule has 21 heavy (non-hydrogen) atoms. The molecular formula is C16H19N3O2. The lowest BCUT2D eigenvalue weighted by molar-refractivity contribution is -0.131. The average molecular weight is 285 g/mol. The number of aryl methyl sites for hydroxylation is 1. The summed E-state index contributed by atoms with van der Waals surface area (Å²) in [4.78, 5) is 18.3. The summed E-state index contributed by atoms with van der Waals surface area (Å²) in [6, 6.07) is 7.70. The molecule has 2 aromatic rings. The van der Waals surface area contributed by atoms with E-state index in [-0.39, 0.29) is 12.0 Å². The summed E-state index contributed by atoms with van der Waals surface area (Å²) in [5.74, 6) is 0.763. The maximum Gasteiger partial charge on any atom is 0.242 e. The summed E-state index contributed by atoms with van der Waals surface area (Å²) < 4.78 is 7.72. The van der Waals surface area contributed by atoms with Crippen LogP contribution in [0.1, 0.15) is 12.0 Å². The zero-order valence-electron chi connectivity index (χ0n) is 12.1. The molecule has 0 aromatic carbocycles. The molecule has 5 nitrogen and oxygen atoms in total. The number of pyridine rings is 1. The van der Waals surface area contributed by atoms with Crippen LogP contribution >= 0.6 is 0 Å². The fraction of sp³-hybridized carbons (Fsp3) is 0.375. The van der Waals surface area contributed by atoms with Crippen LogP contribution in [-0.2, 0) is 11.3 Å². The van der Waals surface area contributed by atoms with Gasteiger partial charge in [0.1, 0.15) is 12.6 Å². The molecule has 1 unspecified atom stereocenters. The number of aromatic nitrogens is 2. The summed E-state index contributed by atoms with van der Waals surface area (Å²) in [5, 5.41) is 0. The van der Waals surface area contributed by atoms with Crippen molar-refractivity contribution in [1.29, 1.82) is 0 Å². The summed E-state index contributed by atoms with van der Waals surface area (Å²) >= 11 is 0. The molecule has 0 spiro atoms. The third-order valence-corrected chi connectivity index (χ3v) is 3.65. The lowest BCUT2D eigenvalue weighted by Crippen LogP contribution is -2.33. The van der Waals surface area contributed by atoms with Gasteiger partial charge in [-0.3, -0.25) is 4.79 Å². The number of carbonyl (C=O) groups excluding carboxylic acids is 1. The largest absolute Gasteiger partial charge is 0.472 e. The third kappa shape index (κ3) is 3.42. The second-order valence-corrected chi connectivity index (χ2v) is 5.40. The van der Waals surface area contributed by atoms with Gasteiger partial charge in [-0.1, -0.05) is 6.07 Å². The molecular weight excluding hydrogens is 266 g/mol. The predicted octanol–water partition coefficient (Wildman–Crippen LogP) is 1.87. The molecule has 1 atom stereocenters. The van der Waals surface area contributed by atoms with Gasteiger partial charge in [-0.05, 0) is 24.6 Å². The van der Waals surface area contributed by atoms with Crippen molar-refractivity contribution in [2.45, 2.75) is 26.0 Å². The topological polar surface area (TPSA) is 47.4 Å². The van der Waals surface area contributed by atoms with Gasteiger partial charge in [0.15, 0.2) is 0 Å². The van der Waals surface area contributed by atoms with Crippen LogP contribution in [0.15, 0.2) is 42.9 Å². The van der Waals surface area contributed by atoms with E-state index in [0.29, 0.717) is 19.0 Å². The van der Waals surface area contributed by atoms with Crippen LogP contribution in [0.4, 0.5) is 0 Å². The van der Waals surface area contributed by atoms with Crippen molar-refractivity contribution < 1.29 is 9.53 Å². The van der Waals surface area contributed by atoms with Crippen LogP contribution in [0.5, 0.6) is 5.88 Å². The monoisotopic (exact) mass is 285 g/mol. The van der Waals surface area contributed by atoms with Crippen LogP contribution in [0.2, 0.25) is 0 Å². The summed E-state index contributed by atoms with van der Waals surface area (Å²) in [6.07, 6.45) is 6.48. The van der Waals surface area contributed by atoms with Gasteiger partial charge in [0.05, 0.1) is 6.54 Å². The highest BCUT2D eigenvalue weighted by Crippen LogP contribution is 2.17. The van der Waals surface area contributed by atoms with E-state index in [4.69, 9.17) is 4.74 Å². The lowest BCUT2D eigenvalue weighted by Gasteiger charge is -2.17. The second-order valence-electron chi connectivity index (χ2n) is 5.40. The van der Waals surface area contributed by atoms with Gasteiger partial charge < -0.3 is 14.2 Å². The number of likely N-dealkylation sites (tertiary alicyclic amines) is 1. The third-order valence-electron chi connectivity index (χ3n) is 3.65. The van der Waals surface area contributed by atoms with Crippen molar-refractivity contribution in [2.24, 2.45) is 0 Å². The first-order valence-corrected chi connectivity index (χ1v) is 7.18. The molecule has 3 rings (SSSR count). The van der Waals surface area contributed by atoms with E-state index in [0.717, 1.165) is 18.5 Å². The summed E-state index contributed by atoms with van der Waals surface area (Å²) in [6.45, 7) is 3.77. The Morgan fingerprint density at radius 1 is 1.38 bits per heavy atom. The van der Waals surface area contributed by atoms with E-state index in [2.05, 4.69) is 4.98 Å². The molecule has 0 N–H and O–H groups in total. The fourth-order valence-corrected chi connectivity index (χ4v) is 2.48. The van der Waals surface area contributed by atoms with Crippen molar-refractivity contribution >= 4 is 5.91 Å². The van der Waals surface area contributed by atoms with Gasteiger partial charge in [-0.15, -0.1) is 0 Å². The number of carbonyl (C=O) groups is 1. The van der Waals surface area contributed by atoms with Crippen LogP contribution in [0, 0.1) is 6.92 Å². The van der Waals surface area contributed by atoms with Gasteiger partial charge in [-0.25, -0.2) is 4.98 Å². The molecule has 2 aromatic heterocycles. The molecule has 0 radical (unpaired) electrons. The highest BCUT2D eigenvalue weighted by molar-refractivity contribution is 5.76. The van der Waals surface area contributed by atoms with Gasteiger partial charge in [0.25, 0.3) is 0 Å². The quantitative estimate of drug-likeness (QED) is 0.861. The van der Waals surface area contributed by atoms with Crippen LogP contribution in [0.3, 0.4) is 0 Å². The molecule has 5 heteroatoms. The van der Waals surface area contributed by atoms with Crippen molar-refractivity contribution in [3.8, 4) is 5.88 Å². The van der Waals surface area contributed by atoms with Gasteiger partial charge in [0.2, 0.25) is 11.8 Å². The van der Waals surface area contributed by atoms with Crippen LogP contribution in [-0.4, -0.2) is 39.6 Å². The van der Waals surface area contributed by atoms with Gasteiger partial charge >= 0.3 is 0 Å². The number of amides is 1. The Bertz CT molecular complexity index is 592. The maximum absolute atomic E-state index is 12.2. The first kappa shape index (κ1) is 13.7. The van der Waals surface area contributed by atoms with Crippen LogP contribution < -0.4 is 4.74 Å². The van der Waals surface area contributed by atoms with E-state index in [9.17, 15) is 4.79 Å². The van der Waals surface area contributed by atoms with Crippen molar-refractivity contribution in [2.75, 3.05) is 13.1 Å².